The number of hydrogen-bond acceptors (Lipinski definition) is 6. The van der Waals surface area contributed by atoms with Crippen molar-refractivity contribution in [2.75, 3.05) is 7.11 Å². The van der Waals surface area contributed by atoms with Crippen LogP contribution in [0.4, 0.5) is 0 Å². The van der Waals surface area contributed by atoms with Crippen molar-refractivity contribution in [3.05, 3.63) is 64.0 Å². The highest BCUT2D eigenvalue weighted by atomic mass is 16.6. The molecular formula is C21H20O6. The highest BCUT2D eigenvalue weighted by molar-refractivity contribution is 5.79. The van der Waals surface area contributed by atoms with Crippen molar-refractivity contribution in [3.63, 3.8) is 0 Å². The van der Waals surface area contributed by atoms with Gasteiger partial charge in [-0.1, -0.05) is 6.07 Å². The summed E-state index contributed by atoms with van der Waals surface area (Å²) in [5.41, 5.74) is 2.12. The Morgan fingerprint density at radius 3 is 2.41 bits per heavy atom. The molecule has 0 fully saturated rings. The molecule has 0 saturated carbocycles. The van der Waals surface area contributed by atoms with E-state index < -0.39 is 12.1 Å². The Morgan fingerprint density at radius 1 is 1.04 bits per heavy atom. The Morgan fingerprint density at radius 2 is 1.74 bits per heavy atom. The first-order valence-corrected chi connectivity index (χ1v) is 8.43. The molecule has 0 aliphatic heterocycles. The van der Waals surface area contributed by atoms with E-state index in [0.29, 0.717) is 22.5 Å². The number of methoxy groups -OCH3 is 1. The van der Waals surface area contributed by atoms with Crippen LogP contribution in [0.15, 0.2) is 51.9 Å². The lowest BCUT2D eigenvalue weighted by Gasteiger charge is -2.12. The van der Waals surface area contributed by atoms with Gasteiger partial charge in [0.1, 0.15) is 23.3 Å². The summed E-state index contributed by atoms with van der Waals surface area (Å²) in [6.45, 7) is 5.49. The molecule has 0 aliphatic rings. The predicted molar refractivity (Wildman–Crippen MR) is 101 cm³/mol. The number of rotatable bonds is 5. The zero-order valence-corrected chi connectivity index (χ0v) is 15.6. The van der Waals surface area contributed by atoms with Gasteiger partial charge in [0.25, 0.3) is 0 Å². The van der Waals surface area contributed by atoms with Crippen LogP contribution in [0.1, 0.15) is 18.1 Å². The Balaban J connectivity index is 1.90. The third kappa shape index (κ3) is 4.11. The van der Waals surface area contributed by atoms with E-state index in [2.05, 4.69) is 4.74 Å². The van der Waals surface area contributed by atoms with Gasteiger partial charge < -0.3 is 18.6 Å². The van der Waals surface area contributed by atoms with Crippen molar-refractivity contribution in [3.8, 4) is 17.2 Å². The van der Waals surface area contributed by atoms with Crippen LogP contribution in [-0.4, -0.2) is 19.2 Å². The number of ether oxygens (including phenoxy) is 3. The molecule has 6 heteroatoms. The van der Waals surface area contributed by atoms with E-state index in [1.165, 1.54) is 13.4 Å². The Kier molecular flexibility index (Phi) is 5.16. The van der Waals surface area contributed by atoms with Gasteiger partial charge in [0, 0.05) is 6.07 Å². The Bertz CT molecular complexity index is 1030. The second-order valence-corrected chi connectivity index (χ2v) is 6.30. The van der Waals surface area contributed by atoms with Crippen molar-refractivity contribution >= 4 is 16.9 Å². The minimum absolute atomic E-state index is 0.101. The lowest BCUT2D eigenvalue weighted by Crippen LogP contribution is -2.24. The smallest absolute Gasteiger partial charge is 0.346 e. The van der Waals surface area contributed by atoms with Crippen LogP contribution < -0.4 is 14.9 Å². The SMILES string of the molecule is COC(=O)C(C)Oc1ccc2c(=O)c(Oc3cc(C)cc(C)c3)coc2c1. The van der Waals surface area contributed by atoms with Crippen LogP contribution in [0.25, 0.3) is 11.0 Å². The van der Waals surface area contributed by atoms with Crippen LogP contribution >= 0.6 is 0 Å². The van der Waals surface area contributed by atoms with Gasteiger partial charge in [-0.3, -0.25) is 4.79 Å². The molecule has 1 aromatic heterocycles. The van der Waals surface area contributed by atoms with Crippen molar-refractivity contribution in [1.82, 2.24) is 0 Å². The maximum absolute atomic E-state index is 12.7. The molecule has 2 aromatic carbocycles. The first-order valence-electron chi connectivity index (χ1n) is 8.43. The van der Waals surface area contributed by atoms with E-state index in [4.69, 9.17) is 13.9 Å². The fourth-order valence-corrected chi connectivity index (χ4v) is 2.77. The summed E-state index contributed by atoms with van der Waals surface area (Å²) in [4.78, 5) is 24.2. The molecule has 0 saturated heterocycles. The first kappa shape index (κ1) is 18.5. The van der Waals surface area contributed by atoms with E-state index in [9.17, 15) is 9.59 Å². The molecule has 1 unspecified atom stereocenters. The van der Waals surface area contributed by atoms with Crippen molar-refractivity contribution < 1.29 is 23.4 Å². The summed E-state index contributed by atoms with van der Waals surface area (Å²) in [5, 5.41) is 0.356. The number of hydrogen-bond donors (Lipinski definition) is 0. The molecule has 0 amide bonds. The molecule has 3 aromatic rings. The molecule has 0 aliphatic carbocycles. The largest absolute Gasteiger partial charge is 0.479 e. The molecule has 6 nitrogen and oxygen atoms in total. The molecule has 0 spiro atoms. The Labute approximate surface area is 156 Å². The van der Waals surface area contributed by atoms with Gasteiger partial charge in [0.2, 0.25) is 11.2 Å². The number of fused-ring (bicyclic) bond motifs is 1. The van der Waals surface area contributed by atoms with Gasteiger partial charge in [0.15, 0.2) is 6.10 Å². The maximum atomic E-state index is 12.7. The number of aryl methyl sites for hydroxylation is 2. The number of carbonyl (C=O) groups is 1. The minimum Gasteiger partial charge on any atom is -0.479 e. The second kappa shape index (κ2) is 7.53. The summed E-state index contributed by atoms with van der Waals surface area (Å²) in [7, 11) is 1.29. The third-order valence-electron chi connectivity index (χ3n) is 3.98. The van der Waals surface area contributed by atoms with E-state index in [-0.39, 0.29) is 11.2 Å². The average molecular weight is 368 g/mol. The number of esters is 1. The molecule has 3 rings (SSSR count). The zero-order chi connectivity index (χ0) is 19.6. The average Bonchev–Trinajstić information content (AvgIpc) is 2.62. The van der Waals surface area contributed by atoms with Gasteiger partial charge in [-0.15, -0.1) is 0 Å². The number of carbonyl (C=O) groups excluding carboxylic acids is 1. The van der Waals surface area contributed by atoms with Crippen molar-refractivity contribution in [1.29, 1.82) is 0 Å². The predicted octanol–water partition coefficient (Wildman–Crippen LogP) is 4.14. The summed E-state index contributed by atoms with van der Waals surface area (Å²) < 4.78 is 21.4. The normalized spacial score (nSPS) is 11.9. The molecule has 1 atom stereocenters. The van der Waals surface area contributed by atoms with E-state index in [1.54, 1.807) is 25.1 Å². The van der Waals surface area contributed by atoms with Crippen LogP contribution in [0.3, 0.4) is 0 Å². The van der Waals surface area contributed by atoms with Gasteiger partial charge in [-0.25, -0.2) is 4.79 Å². The molecule has 0 bridgehead atoms. The van der Waals surface area contributed by atoms with Crippen LogP contribution in [0, 0.1) is 13.8 Å². The van der Waals surface area contributed by atoms with Gasteiger partial charge in [-0.2, -0.15) is 0 Å². The van der Waals surface area contributed by atoms with E-state index in [0.717, 1.165) is 11.1 Å². The van der Waals surface area contributed by atoms with Gasteiger partial charge >= 0.3 is 5.97 Å². The second-order valence-electron chi connectivity index (χ2n) is 6.30. The van der Waals surface area contributed by atoms with Gasteiger partial charge in [0.05, 0.1) is 12.5 Å². The minimum atomic E-state index is -0.772. The topological polar surface area (TPSA) is 75.0 Å². The summed E-state index contributed by atoms with van der Waals surface area (Å²) in [5.74, 6) is 0.579. The maximum Gasteiger partial charge on any atom is 0.346 e. The highest BCUT2D eigenvalue weighted by Gasteiger charge is 2.16. The molecule has 140 valence electrons. The molecular weight excluding hydrogens is 348 g/mol. The summed E-state index contributed by atoms with van der Waals surface area (Å²) in [6, 6.07) is 10.4. The van der Waals surface area contributed by atoms with Crippen LogP contribution in [0.5, 0.6) is 17.2 Å². The fourth-order valence-electron chi connectivity index (χ4n) is 2.77. The Hall–Kier alpha value is -3.28. The zero-order valence-electron chi connectivity index (χ0n) is 15.6. The van der Waals surface area contributed by atoms with Crippen LogP contribution in [0.2, 0.25) is 0 Å². The van der Waals surface area contributed by atoms with E-state index in [1.807, 2.05) is 32.0 Å². The standard InChI is InChI=1S/C21H20O6/c1-12-7-13(2)9-16(8-12)27-19-11-25-18-10-15(5-6-17(18)20(19)22)26-14(3)21(23)24-4/h5-11,14H,1-4H3. The van der Waals surface area contributed by atoms with Gasteiger partial charge in [-0.05, 0) is 56.2 Å². The molecule has 1 heterocycles. The molecule has 27 heavy (non-hydrogen) atoms. The van der Waals surface area contributed by atoms with E-state index >= 15 is 0 Å². The lowest BCUT2D eigenvalue weighted by atomic mass is 10.1. The van der Waals surface area contributed by atoms with Crippen molar-refractivity contribution in [2.24, 2.45) is 0 Å². The van der Waals surface area contributed by atoms with Crippen molar-refractivity contribution in [2.45, 2.75) is 26.9 Å². The monoisotopic (exact) mass is 368 g/mol. The fraction of sp³-hybridized carbons (Fsp3) is 0.238. The highest BCUT2D eigenvalue weighted by Crippen LogP contribution is 2.25. The first-order chi connectivity index (χ1) is 12.9. The third-order valence-corrected chi connectivity index (χ3v) is 3.98. The van der Waals surface area contributed by atoms with Crippen LogP contribution in [-0.2, 0) is 9.53 Å². The number of benzene rings is 2. The summed E-state index contributed by atoms with van der Waals surface area (Å²) in [6.07, 6.45) is 0.502. The quantitative estimate of drug-likeness (QED) is 0.630. The summed E-state index contributed by atoms with van der Waals surface area (Å²) >= 11 is 0. The molecule has 0 N–H and O–H groups in total. The molecule has 0 radical (unpaired) electrons. The lowest BCUT2D eigenvalue weighted by molar-refractivity contribution is -0.147.